The van der Waals surface area contributed by atoms with Crippen LogP contribution >= 0.6 is 11.8 Å². The van der Waals surface area contributed by atoms with Crippen molar-refractivity contribution in [1.29, 1.82) is 0 Å². The number of nitrogens with one attached hydrogen (secondary N) is 1. The first-order valence-electron chi connectivity index (χ1n) is 19.8. The van der Waals surface area contributed by atoms with E-state index >= 15 is 0 Å². The Balaban J connectivity index is 1.75. The van der Waals surface area contributed by atoms with Crippen LogP contribution in [0.25, 0.3) is 11.2 Å². The third-order valence-electron chi connectivity index (χ3n) is 4.79. The highest BCUT2D eigenvalue weighted by Crippen LogP contribution is 2.44. The second-order valence-corrected chi connectivity index (χ2v) is 7.76. The molecule has 0 aliphatic heterocycles. The third kappa shape index (κ3) is 4.90. The molecule has 6 atom stereocenters. The normalized spacial score (nSPS) is 48.2. The molecular formula is C23H28F2N6O4S. The predicted octanol–water partition coefficient (Wildman–Crippen LogP) is 2.01. The molecule has 4 N–H and O–H groups in total. The van der Waals surface area contributed by atoms with Gasteiger partial charge in [0.2, 0.25) is 0 Å². The van der Waals surface area contributed by atoms with E-state index in [4.69, 9.17) is 32.2 Å². The first-order chi connectivity index (χ1) is 24.9. The number of aliphatic hydroxyl groups is 3. The zero-order valence-corrected chi connectivity index (χ0v) is 18.3. The Bertz CT molecular complexity index is 2070. The number of rotatable bonds is 10. The van der Waals surface area contributed by atoms with Crippen LogP contribution in [0.2, 0.25) is 0 Å². The van der Waals surface area contributed by atoms with Crippen LogP contribution in [0, 0.1) is 11.6 Å². The molecule has 2 saturated carbocycles. The molecule has 2 aromatic heterocycles. The van der Waals surface area contributed by atoms with Crippen molar-refractivity contribution in [2.75, 3.05) is 24.2 Å². The largest absolute Gasteiger partial charge is 0.394 e. The van der Waals surface area contributed by atoms with Gasteiger partial charge in [-0.15, -0.1) is 5.10 Å². The maximum atomic E-state index is 14.5. The van der Waals surface area contributed by atoms with Gasteiger partial charge in [0, 0.05) is 39.1 Å². The van der Waals surface area contributed by atoms with Crippen LogP contribution in [0.4, 0.5) is 14.6 Å². The highest BCUT2D eigenvalue weighted by molar-refractivity contribution is 7.99. The van der Waals surface area contributed by atoms with E-state index in [1.807, 2.05) is 0 Å². The Hall–Kier alpha value is -2.45. The van der Waals surface area contributed by atoms with Gasteiger partial charge in [-0.3, -0.25) is 0 Å². The van der Waals surface area contributed by atoms with Crippen LogP contribution in [0.5, 0.6) is 0 Å². The molecule has 13 heteroatoms. The fourth-order valence-electron chi connectivity index (χ4n) is 3.17. The minimum absolute atomic E-state index is 0.127. The molecule has 0 bridgehead atoms. The van der Waals surface area contributed by atoms with Crippen molar-refractivity contribution in [2.45, 2.75) is 67.3 Å². The number of halogens is 2. The smallest absolute Gasteiger partial charge is 0.191 e. The quantitative estimate of drug-likeness (QED) is 0.222. The fraction of sp³-hybridized carbons (Fsp3) is 0.565. The van der Waals surface area contributed by atoms with E-state index in [0.717, 1.165) is 0 Å². The first-order valence-corrected chi connectivity index (χ1v) is 10.6. The van der Waals surface area contributed by atoms with Gasteiger partial charge in [-0.05, 0) is 30.4 Å². The number of hydrogen-bond donors (Lipinski definition) is 4. The maximum Gasteiger partial charge on any atom is 0.191 e. The summed E-state index contributed by atoms with van der Waals surface area (Å²) in [7, 11) is 0. The Morgan fingerprint density at radius 1 is 1.33 bits per heavy atom. The van der Waals surface area contributed by atoms with Crippen molar-refractivity contribution in [3.63, 3.8) is 0 Å². The molecule has 1 unspecified atom stereocenters. The van der Waals surface area contributed by atoms with E-state index in [9.17, 15) is 24.1 Å². The summed E-state index contributed by atoms with van der Waals surface area (Å²) in [4.78, 5) is 7.76. The Kier molecular flexibility index (Phi) is 3.13. The lowest BCUT2D eigenvalue weighted by atomic mass is 10.1. The molecule has 36 heavy (non-hydrogen) atoms. The molecule has 0 saturated heterocycles. The Labute approximate surface area is 238 Å². The highest BCUT2D eigenvalue weighted by atomic mass is 32.2. The van der Waals surface area contributed by atoms with Gasteiger partial charge >= 0.3 is 0 Å². The van der Waals surface area contributed by atoms with Gasteiger partial charge in [-0.2, -0.15) is 0 Å². The van der Waals surface area contributed by atoms with Crippen LogP contribution in [0.15, 0.2) is 23.3 Å². The van der Waals surface area contributed by atoms with Crippen LogP contribution in [0.1, 0.15) is 70.9 Å². The Morgan fingerprint density at radius 2 is 2.19 bits per heavy atom. The number of nitrogens with zero attached hydrogens (tertiary/aromatic N) is 5. The molecule has 2 heterocycles. The van der Waals surface area contributed by atoms with Crippen molar-refractivity contribution >= 4 is 28.7 Å². The molecule has 5 rings (SSSR count). The van der Waals surface area contributed by atoms with Gasteiger partial charge < -0.3 is 25.4 Å². The van der Waals surface area contributed by atoms with Crippen molar-refractivity contribution in [1.82, 2.24) is 25.0 Å². The highest BCUT2D eigenvalue weighted by Gasteiger charge is 2.45. The van der Waals surface area contributed by atoms with Crippen LogP contribution < -0.4 is 5.32 Å². The molecule has 0 spiro atoms. The molecule has 2 fully saturated rings. The zero-order chi connectivity index (χ0) is 43.2. The molecule has 194 valence electrons. The van der Waals surface area contributed by atoms with Crippen molar-refractivity contribution in [2.24, 2.45) is 0 Å². The summed E-state index contributed by atoms with van der Waals surface area (Å²) in [5.74, 6) is -6.31. The van der Waals surface area contributed by atoms with Crippen molar-refractivity contribution in [3.8, 4) is 0 Å². The molecule has 1 aromatic carbocycles. The maximum absolute atomic E-state index is 14.5. The van der Waals surface area contributed by atoms with E-state index in [0.29, 0.717) is 0 Å². The van der Waals surface area contributed by atoms with E-state index in [1.54, 1.807) is 0 Å². The third-order valence-corrected chi connectivity index (χ3v) is 5.36. The summed E-state index contributed by atoms with van der Waals surface area (Å²) in [6, 6.07) is -9.47. The average Bonchev–Trinajstić information content (AvgIpc) is 3.32. The molecule has 0 amide bonds. The van der Waals surface area contributed by atoms with Crippen LogP contribution in [-0.4, -0.2) is 83.4 Å². The minimum Gasteiger partial charge on any atom is -0.394 e. The van der Waals surface area contributed by atoms with Gasteiger partial charge in [-0.1, -0.05) is 29.9 Å². The van der Waals surface area contributed by atoms with Crippen LogP contribution in [0.3, 0.4) is 0 Å². The standard InChI is InChI=1S/C23H28F2N6O4S/c1-2-7-36-23-27-21(26-15-9-12(15)11-3-4-13(24)14(25)8-11)18-22(28-23)31(30-29-18)16-10-17(35-6-5-32)20(34)19(16)33/h3-4,8,12,15-17,19-20,32-34H,2,5-7,9-10H2,1H3,(H,26,27,28)/t12?,15-,16+,17-,19-,20+/m0/s1/i1D3,2D2,3D,4D,5D2,7D2,8D,9D2,10D2,16D,17D,19D,20D. The monoisotopic (exact) mass is 542 g/mol. The summed E-state index contributed by atoms with van der Waals surface area (Å²) in [5.41, 5.74) is -6.22. The summed E-state index contributed by atoms with van der Waals surface area (Å²) in [6.45, 7) is -8.70. The van der Waals surface area contributed by atoms with E-state index in [1.165, 1.54) is 0 Å². The fourth-order valence-corrected chi connectivity index (χ4v) is 3.58. The summed E-state index contributed by atoms with van der Waals surface area (Å²) in [5, 5.41) is 40.3. The molecular weight excluding hydrogens is 494 g/mol. The second kappa shape index (κ2) is 10.5. The zero-order valence-electron chi connectivity index (χ0n) is 37.5. The number of fused-ring (bicyclic) bond motifs is 1. The second-order valence-electron chi connectivity index (χ2n) is 6.99. The van der Waals surface area contributed by atoms with Gasteiger partial charge in [-0.25, -0.2) is 23.4 Å². The van der Waals surface area contributed by atoms with Crippen molar-refractivity contribution < 1.29 is 56.3 Å². The van der Waals surface area contributed by atoms with E-state index in [-0.39, 0.29) is 16.4 Å². The number of thioether (sulfide) groups is 1. The molecule has 2 aliphatic carbocycles. The predicted molar refractivity (Wildman–Crippen MR) is 128 cm³/mol. The number of anilines is 1. The number of benzene rings is 1. The lowest BCUT2D eigenvalue weighted by molar-refractivity contribution is -0.0629. The van der Waals surface area contributed by atoms with Crippen LogP contribution in [-0.2, 0) is 4.74 Å². The van der Waals surface area contributed by atoms with E-state index < -0.39 is 139 Å². The first kappa shape index (κ1) is 10.7. The molecule has 0 radical (unpaired) electrons. The minimum atomic E-state index is -4.32. The Morgan fingerprint density at radius 3 is 3.00 bits per heavy atom. The van der Waals surface area contributed by atoms with E-state index in [2.05, 4.69) is 25.6 Å². The van der Waals surface area contributed by atoms with Gasteiger partial charge in [0.1, 0.15) is 12.2 Å². The molecule has 2 aliphatic rings. The van der Waals surface area contributed by atoms with Gasteiger partial charge in [0.15, 0.2) is 33.8 Å². The summed E-state index contributed by atoms with van der Waals surface area (Å²) < 4.78 is 195. The topological polar surface area (TPSA) is 138 Å². The summed E-state index contributed by atoms with van der Waals surface area (Å²) >= 11 is -0.357. The van der Waals surface area contributed by atoms with Gasteiger partial charge in [0.25, 0.3) is 0 Å². The summed E-state index contributed by atoms with van der Waals surface area (Å²) in [6.07, 6.45) is -23.1. The SMILES string of the molecule is [2H]c1c([2H])c(C2[C@@H](Nc3nc(SC([2H])([2H])C([2H])([2H])C([2H])([2H])[2H])nc4c3nnn4[C@]3([2H])C([2H])([2H])[C@]([2H])(OCC([2H])([2H])O)[C@@]([2H])(O)[C@@]3([2H])O)C2([2H])[2H])c([2H])c(F)c1F. The molecule has 10 nitrogen and oxygen atoms in total. The number of aromatic nitrogens is 5. The lowest BCUT2D eigenvalue weighted by Crippen LogP contribution is -2.33. The van der Waals surface area contributed by atoms with Gasteiger partial charge in [0.05, 0.1) is 37.6 Å². The van der Waals surface area contributed by atoms with Crippen molar-refractivity contribution in [3.05, 3.63) is 35.3 Å². The lowest BCUT2D eigenvalue weighted by Gasteiger charge is -2.17. The number of hydrogen-bond acceptors (Lipinski definition) is 10. The molecule has 3 aromatic rings. The average molecular weight is 543 g/mol. The number of ether oxygens (including phenoxy) is 1.